The van der Waals surface area contributed by atoms with Crippen molar-refractivity contribution in [3.63, 3.8) is 0 Å². The monoisotopic (exact) mass is 417 g/mol. The molecule has 2 amide bonds. The van der Waals surface area contributed by atoms with E-state index in [1.807, 2.05) is 0 Å². The largest absolute Gasteiger partial charge is 0.324 e. The number of non-ortho nitro benzene ring substituents is 1. The van der Waals surface area contributed by atoms with Crippen LogP contribution in [0.15, 0.2) is 46.9 Å². The first kappa shape index (κ1) is 18.1. The Balaban J connectivity index is 1.85. The van der Waals surface area contributed by atoms with Gasteiger partial charge in [-0.05, 0) is 49.2 Å². The molecule has 2 aromatic carbocycles. The van der Waals surface area contributed by atoms with Gasteiger partial charge < -0.3 is 5.32 Å². The Kier molecular flexibility index (Phi) is 5.03. The fraction of sp³-hybridized carbons (Fsp3) is 0.222. The second-order valence-corrected chi connectivity index (χ2v) is 6.92. The average molecular weight is 418 g/mol. The van der Waals surface area contributed by atoms with E-state index >= 15 is 0 Å². The van der Waals surface area contributed by atoms with Crippen molar-refractivity contribution in [2.45, 2.75) is 25.8 Å². The van der Waals surface area contributed by atoms with Gasteiger partial charge in [-0.25, -0.2) is 0 Å². The summed E-state index contributed by atoms with van der Waals surface area (Å²) in [4.78, 5) is 36.9. The van der Waals surface area contributed by atoms with E-state index in [0.29, 0.717) is 23.4 Å². The smallest absolute Gasteiger partial charge is 0.269 e. The Hall–Kier alpha value is -2.74. The van der Waals surface area contributed by atoms with Gasteiger partial charge in [-0.15, -0.1) is 0 Å². The molecule has 0 aromatic heterocycles. The predicted octanol–water partition coefficient (Wildman–Crippen LogP) is 3.66. The molecule has 1 aliphatic heterocycles. The van der Waals surface area contributed by atoms with Crippen LogP contribution < -0.4 is 10.2 Å². The van der Waals surface area contributed by atoms with Gasteiger partial charge in [0, 0.05) is 34.4 Å². The first-order valence-corrected chi connectivity index (χ1v) is 8.82. The van der Waals surface area contributed by atoms with Crippen LogP contribution in [-0.2, 0) is 16.0 Å². The molecule has 3 rings (SSSR count). The normalized spacial score (nSPS) is 14.5. The van der Waals surface area contributed by atoms with E-state index in [9.17, 15) is 19.7 Å². The Morgan fingerprint density at radius 2 is 1.92 bits per heavy atom. The fourth-order valence-electron chi connectivity index (χ4n) is 2.94. The second kappa shape index (κ2) is 7.25. The Bertz CT molecular complexity index is 883. The van der Waals surface area contributed by atoms with E-state index in [1.165, 1.54) is 23.1 Å². The van der Waals surface area contributed by atoms with Gasteiger partial charge in [0.05, 0.1) is 4.92 Å². The van der Waals surface area contributed by atoms with Crippen LogP contribution >= 0.6 is 15.9 Å². The van der Waals surface area contributed by atoms with Gasteiger partial charge >= 0.3 is 0 Å². The van der Waals surface area contributed by atoms with Gasteiger partial charge in [0.1, 0.15) is 6.04 Å². The van der Waals surface area contributed by atoms with Crippen LogP contribution in [0, 0.1) is 10.1 Å². The van der Waals surface area contributed by atoms with Crippen LogP contribution in [-0.4, -0.2) is 22.8 Å². The quantitative estimate of drug-likeness (QED) is 0.606. The summed E-state index contributed by atoms with van der Waals surface area (Å²) in [5.41, 5.74) is 1.84. The molecular weight excluding hydrogens is 402 g/mol. The number of benzene rings is 2. The van der Waals surface area contributed by atoms with Crippen LogP contribution in [0.2, 0.25) is 0 Å². The fourth-order valence-corrected chi connectivity index (χ4v) is 3.20. The molecule has 0 radical (unpaired) electrons. The molecule has 1 unspecified atom stereocenters. The highest BCUT2D eigenvalue weighted by atomic mass is 79.9. The SMILES string of the molecule is CC(C(=O)Nc1ccc(Br)cc1)N1C(=O)CCc2cc([N+](=O)[O-])ccc21. The number of carbonyl (C=O) groups excluding carboxylic acids is 2. The van der Waals surface area contributed by atoms with Gasteiger partial charge in [0.2, 0.25) is 11.8 Å². The van der Waals surface area contributed by atoms with E-state index < -0.39 is 11.0 Å². The minimum atomic E-state index is -0.744. The van der Waals surface area contributed by atoms with Crippen molar-refractivity contribution in [3.8, 4) is 0 Å². The van der Waals surface area contributed by atoms with Crippen molar-refractivity contribution < 1.29 is 14.5 Å². The Morgan fingerprint density at radius 3 is 2.58 bits per heavy atom. The van der Waals surface area contributed by atoms with Crippen molar-refractivity contribution in [2.75, 3.05) is 10.2 Å². The highest BCUT2D eigenvalue weighted by Gasteiger charge is 2.32. The maximum Gasteiger partial charge on any atom is 0.269 e. The summed E-state index contributed by atoms with van der Waals surface area (Å²) in [5.74, 6) is -0.503. The van der Waals surface area contributed by atoms with E-state index in [0.717, 1.165) is 4.47 Å². The van der Waals surface area contributed by atoms with Crippen LogP contribution in [0.4, 0.5) is 17.1 Å². The summed E-state index contributed by atoms with van der Waals surface area (Å²) in [5, 5.41) is 13.7. The van der Waals surface area contributed by atoms with Crippen molar-refractivity contribution in [1.82, 2.24) is 0 Å². The lowest BCUT2D eigenvalue weighted by Crippen LogP contribution is -2.48. The molecule has 2 aromatic rings. The Labute approximate surface area is 158 Å². The average Bonchev–Trinajstić information content (AvgIpc) is 2.62. The van der Waals surface area contributed by atoms with Gasteiger partial charge in [-0.1, -0.05) is 15.9 Å². The molecular formula is C18H16BrN3O4. The zero-order valence-corrected chi connectivity index (χ0v) is 15.5. The molecule has 1 heterocycles. The minimum Gasteiger partial charge on any atom is -0.324 e. The van der Waals surface area contributed by atoms with Crippen LogP contribution in [0.1, 0.15) is 18.9 Å². The number of nitrogens with zero attached hydrogens (tertiary/aromatic N) is 2. The van der Waals surface area contributed by atoms with E-state index in [1.54, 1.807) is 31.2 Å². The topological polar surface area (TPSA) is 92.6 Å². The third kappa shape index (κ3) is 3.60. The molecule has 0 saturated carbocycles. The summed E-state index contributed by atoms with van der Waals surface area (Å²) < 4.78 is 0.894. The number of fused-ring (bicyclic) bond motifs is 1. The first-order valence-electron chi connectivity index (χ1n) is 8.02. The predicted molar refractivity (Wildman–Crippen MR) is 101 cm³/mol. The molecule has 7 nitrogen and oxygen atoms in total. The molecule has 0 aliphatic carbocycles. The maximum atomic E-state index is 12.6. The first-order chi connectivity index (χ1) is 12.4. The number of halogens is 1. The summed E-state index contributed by atoms with van der Waals surface area (Å²) in [6, 6.07) is 10.7. The lowest BCUT2D eigenvalue weighted by atomic mass is 9.98. The molecule has 134 valence electrons. The molecule has 0 saturated heterocycles. The molecule has 1 N–H and O–H groups in total. The number of hydrogen-bond acceptors (Lipinski definition) is 4. The molecule has 8 heteroatoms. The summed E-state index contributed by atoms with van der Waals surface area (Å²) in [6.45, 7) is 1.64. The second-order valence-electron chi connectivity index (χ2n) is 6.01. The van der Waals surface area contributed by atoms with Crippen molar-refractivity contribution in [3.05, 3.63) is 62.6 Å². The Morgan fingerprint density at radius 1 is 1.23 bits per heavy atom. The number of hydrogen-bond donors (Lipinski definition) is 1. The number of nitrogens with one attached hydrogen (secondary N) is 1. The maximum absolute atomic E-state index is 12.6. The summed E-state index contributed by atoms with van der Waals surface area (Å²) >= 11 is 3.33. The third-order valence-corrected chi connectivity index (χ3v) is 4.82. The van der Waals surface area contributed by atoms with Gasteiger partial charge in [0.15, 0.2) is 0 Å². The number of anilines is 2. The van der Waals surface area contributed by atoms with Crippen molar-refractivity contribution >= 4 is 44.8 Å². The summed E-state index contributed by atoms with van der Waals surface area (Å²) in [6.07, 6.45) is 0.636. The number of amides is 2. The highest BCUT2D eigenvalue weighted by molar-refractivity contribution is 9.10. The number of aryl methyl sites for hydroxylation is 1. The number of nitro groups is 1. The van der Waals surface area contributed by atoms with Gasteiger partial charge in [-0.3, -0.25) is 24.6 Å². The van der Waals surface area contributed by atoms with Gasteiger partial charge in [0.25, 0.3) is 5.69 Å². The van der Waals surface area contributed by atoms with E-state index in [2.05, 4.69) is 21.2 Å². The third-order valence-electron chi connectivity index (χ3n) is 4.29. The minimum absolute atomic E-state index is 0.0231. The number of carbonyl (C=O) groups is 2. The molecule has 1 aliphatic rings. The standard InChI is InChI=1S/C18H16BrN3O4/c1-11(18(24)20-14-5-3-13(19)4-6-14)21-16-8-7-15(22(25)26)10-12(16)2-9-17(21)23/h3-8,10-11H,2,9H2,1H3,(H,20,24). The van der Waals surface area contributed by atoms with Crippen LogP contribution in [0.25, 0.3) is 0 Å². The molecule has 26 heavy (non-hydrogen) atoms. The lowest BCUT2D eigenvalue weighted by molar-refractivity contribution is -0.384. The summed E-state index contributed by atoms with van der Waals surface area (Å²) in [7, 11) is 0. The van der Waals surface area contributed by atoms with Crippen molar-refractivity contribution in [1.29, 1.82) is 0 Å². The zero-order valence-electron chi connectivity index (χ0n) is 13.9. The molecule has 0 bridgehead atoms. The molecule has 0 spiro atoms. The van der Waals surface area contributed by atoms with Crippen molar-refractivity contribution in [2.24, 2.45) is 0 Å². The number of rotatable bonds is 4. The molecule has 0 fully saturated rings. The lowest BCUT2D eigenvalue weighted by Gasteiger charge is -2.33. The number of nitro benzene ring substituents is 1. The van der Waals surface area contributed by atoms with E-state index in [-0.39, 0.29) is 23.9 Å². The van der Waals surface area contributed by atoms with E-state index in [4.69, 9.17) is 0 Å². The zero-order chi connectivity index (χ0) is 18.8. The highest BCUT2D eigenvalue weighted by Crippen LogP contribution is 2.32. The van der Waals surface area contributed by atoms with Gasteiger partial charge in [-0.2, -0.15) is 0 Å². The molecule has 1 atom stereocenters. The van der Waals surface area contributed by atoms with Crippen LogP contribution in [0.3, 0.4) is 0 Å². The van der Waals surface area contributed by atoms with Crippen LogP contribution in [0.5, 0.6) is 0 Å².